The van der Waals surface area contributed by atoms with E-state index in [9.17, 15) is 60.3 Å². The maximum absolute atomic E-state index is 11.7. The fourth-order valence-electron chi connectivity index (χ4n) is 4.50. The standard InChI is InChI=1S/C19H35O19P/c1-32-17-12(27)10(25)14(6(3-21)34-17)37-19-16(38-39(29,30)31)13(28)15(7(4-22)35-19)36-18-11(26)9(24)8(23)5(2-20)33-18/h5-28H,2-4H2,1H3,(H2,29,30,31)/t5-,6-,7-,8-,9+,10-,11-,12-,13+,14-,15-,16-,17+,18-,19-/m1/s1. The van der Waals surface area contributed by atoms with Gasteiger partial charge in [0.15, 0.2) is 18.9 Å². The van der Waals surface area contributed by atoms with Crippen LogP contribution in [0.15, 0.2) is 0 Å². The van der Waals surface area contributed by atoms with Gasteiger partial charge in [0.05, 0.1) is 19.8 Å². The summed E-state index contributed by atoms with van der Waals surface area (Å²) in [5.41, 5.74) is 0. The summed E-state index contributed by atoms with van der Waals surface area (Å²) in [6.45, 7) is -2.55. The van der Waals surface area contributed by atoms with Crippen LogP contribution in [0.3, 0.4) is 0 Å². The van der Waals surface area contributed by atoms with Crippen LogP contribution in [0.5, 0.6) is 0 Å². The normalized spacial score (nSPS) is 47.7. The molecule has 3 aliphatic heterocycles. The van der Waals surface area contributed by atoms with E-state index in [0.717, 1.165) is 7.11 Å². The van der Waals surface area contributed by atoms with Crippen molar-refractivity contribution in [2.45, 2.75) is 92.1 Å². The van der Waals surface area contributed by atoms with Crippen molar-refractivity contribution in [3.63, 3.8) is 0 Å². The number of phosphoric ester groups is 1. The van der Waals surface area contributed by atoms with Crippen molar-refractivity contribution < 1.29 is 93.3 Å². The van der Waals surface area contributed by atoms with E-state index in [4.69, 9.17) is 28.4 Å². The molecule has 3 fully saturated rings. The van der Waals surface area contributed by atoms with Gasteiger partial charge in [-0.2, -0.15) is 0 Å². The molecule has 0 aromatic rings. The molecule has 0 bridgehead atoms. The van der Waals surface area contributed by atoms with E-state index in [1.807, 2.05) is 0 Å². The molecular weight excluding hydrogens is 563 g/mol. The Balaban J connectivity index is 1.86. The summed E-state index contributed by atoms with van der Waals surface area (Å²) in [7, 11) is -4.25. The molecule has 39 heavy (non-hydrogen) atoms. The molecule has 3 saturated heterocycles. The molecule has 3 rings (SSSR count). The number of rotatable bonds is 10. The predicted octanol–water partition coefficient (Wildman–Crippen LogP) is -6.80. The van der Waals surface area contributed by atoms with Crippen LogP contribution in [0.4, 0.5) is 0 Å². The molecular formula is C19H35O19P. The van der Waals surface area contributed by atoms with Gasteiger partial charge in [-0.3, -0.25) is 4.52 Å². The smallest absolute Gasteiger partial charge is 0.394 e. The van der Waals surface area contributed by atoms with Gasteiger partial charge in [-0.1, -0.05) is 0 Å². The Kier molecular flexibility index (Phi) is 11.6. The van der Waals surface area contributed by atoms with Crippen molar-refractivity contribution >= 4 is 7.82 Å². The number of aliphatic hydroxyl groups excluding tert-OH is 9. The Labute approximate surface area is 220 Å². The Hall–Kier alpha value is -0.490. The van der Waals surface area contributed by atoms with Gasteiger partial charge in [-0.15, -0.1) is 0 Å². The van der Waals surface area contributed by atoms with Crippen molar-refractivity contribution in [2.75, 3.05) is 26.9 Å². The zero-order valence-electron chi connectivity index (χ0n) is 20.4. The quantitative estimate of drug-likeness (QED) is 0.104. The molecule has 11 N–H and O–H groups in total. The molecule has 0 aliphatic carbocycles. The monoisotopic (exact) mass is 598 g/mol. The Morgan fingerprint density at radius 1 is 0.590 bits per heavy atom. The minimum absolute atomic E-state index is 0.792. The van der Waals surface area contributed by atoms with Gasteiger partial charge in [0, 0.05) is 7.11 Å². The lowest BCUT2D eigenvalue weighted by Crippen LogP contribution is -2.67. The van der Waals surface area contributed by atoms with Crippen molar-refractivity contribution in [1.82, 2.24) is 0 Å². The van der Waals surface area contributed by atoms with Gasteiger partial charge < -0.3 is 84.2 Å². The molecule has 0 aromatic carbocycles. The van der Waals surface area contributed by atoms with Crippen molar-refractivity contribution in [3.8, 4) is 0 Å². The van der Waals surface area contributed by atoms with Crippen LogP contribution in [0.1, 0.15) is 0 Å². The predicted molar refractivity (Wildman–Crippen MR) is 117 cm³/mol. The third kappa shape index (κ3) is 7.30. The lowest BCUT2D eigenvalue weighted by molar-refractivity contribution is -0.376. The lowest BCUT2D eigenvalue weighted by atomic mass is 9.96. The van der Waals surface area contributed by atoms with Crippen LogP contribution in [0.25, 0.3) is 0 Å². The lowest BCUT2D eigenvalue weighted by Gasteiger charge is -2.48. The molecule has 3 aliphatic rings. The fourth-order valence-corrected chi connectivity index (χ4v) is 5.04. The Bertz CT molecular complexity index is 812. The zero-order valence-corrected chi connectivity index (χ0v) is 21.3. The highest BCUT2D eigenvalue weighted by atomic mass is 31.2. The number of hydrogen-bond acceptors (Lipinski definition) is 17. The van der Waals surface area contributed by atoms with Crippen LogP contribution in [-0.4, -0.2) is 175 Å². The topological polar surface area (TPSA) is 304 Å². The fraction of sp³-hybridized carbons (Fsp3) is 1.00. The van der Waals surface area contributed by atoms with E-state index in [1.54, 1.807) is 0 Å². The Morgan fingerprint density at radius 2 is 1.05 bits per heavy atom. The summed E-state index contributed by atoms with van der Waals surface area (Å²) in [5, 5.41) is 90.9. The van der Waals surface area contributed by atoms with Crippen LogP contribution in [-0.2, 0) is 37.5 Å². The summed E-state index contributed by atoms with van der Waals surface area (Å²) < 4.78 is 48.2. The van der Waals surface area contributed by atoms with Crippen molar-refractivity contribution in [1.29, 1.82) is 0 Å². The summed E-state index contributed by atoms with van der Waals surface area (Å²) in [6, 6.07) is 0. The average Bonchev–Trinajstić information content (AvgIpc) is 2.89. The van der Waals surface area contributed by atoms with E-state index in [2.05, 4.69) is 4.52 Å². The van der Waals surface area contributed by atoms with Gasteiger partial charge in [0.25, 0.3) is 0 Å². The second kappa shape index (κ2) is 13.7. The first-order chi connectivity index (χ1) is 18.3. The third-order valence-electron chi connectivity index (χ3n) is 6.54. The van der Waals surface area contributed by atoms with E-state index >= 15 is 0 Å². The molecule has 0 amide bonds. The van der Waals surface area contributed by atoms with Crippen LogP contribution in [0.2, 0.25) is 0 Å². The summed E-state index contributed by atoms with van der Waals surface area (Å²) in [4.78, 5) is 18.9. The minimum atomic E-state index is -5.41. The molecule has 19 nitrogen and oxygen atoms in total. The second-order valence-corrected chi connectivity index (χ2v) is 10.3. The number of hydrogen-bond donors (Lipinski definition) is 11. The van der Waals surface area contributed by atoms with Crippen molar-refractivity contribution in [2.24, 2.45) is 0 Å². The maximum Gasteiger partial charge on any atom is 0.470 e. The number of phosphoric acid groups is 1. The zero-order chi connectivity index (χ0) is 29.2. The van der Waals surface area contributed by atoms with Gasteiger partial charge >= 0.3 is 7.82 Å². The highest BCUT2D eigenvalue weighted by molar-refractivity contribution is 7.46. The van der Waals surface area contributed by atoms with Gasteiger partial charge in [-0.25, -0.2) is 4.57 Å². The van der Waals surface area contributed by atoms with Crippen LogP contribution < -0.4 is 0 Å². The van der Waals surface area contributed by atoms with E-state index < -0.39 is 120 Å². The molecule has 0 saturated carbocycles. The number of methoxy groups -OCH3 is 1. The summed E-state index contributed by atoms with van der Waals surface area (Å²) in [6.07, 6.45) is -26.4. The van der Waals surface area contributed by atoms with Gasteiger partial charge in [0.1, 0.15) is 73.2 Å². The van der Waals surface area contributed by atoms with E-state index in [0.29, 0.717) is 0 Å². The molecule has 3 heterocycles. The largest absolute Gasteiger partial charge is 0.470 e. The van der Waals surface area contributed by atoms with Crippen molar-refractivity contribution in [3.05, 3.63) is 0 Å². The molecule has 15 atom stereocenters. The summed E-state index contributed by atoms with van der Waals surface area (Å²) in [5.74, 6) is 0. The van der Waals surface area contributed by atoms with Crippen LogP contribution >= 0.6 is 7.82 Å². The molecule has 0 radical (unpaired) electrons. The second-order valence-electron chi connectivity index (χ2n) is 9.12. The van der Waals surface area contributed by atoms with Crippen LogP contribution in [0, 0.1) is 0 Å². The summed E-state index contributed by atoms with van der Waals surface area (Å²) >= 11 is 0. The maximum atomic E-state index is 11.7. The minimum Gasteiger partial charge on any atom is -0.394 e. The Morgan fingerprint density at radius 3 is 1.56 bits per heavy atom. The first-order valence-corrected chi connectivity index (χ1v) is 13.3. The average molecular weight is 598 g/mol. The van der Waals surface area contributed by atoms with E-state index in [-0.39, 0.29) is 0 Å². The van der Waals surface area contributed by atoms with Gasteiger partial charge in [0.2, 0.25) is 0 Å². The molecule has 20 heteroatoms. The SMILES string of the molecule is CO[C@H]1O[C@H](CO)[C@@H](O[C@H]2O[C@H](CO)[C@@H](O[C@H]3O[C@H](CO)[C@@H](O)[C@H](O)[C@H]3O)[C@H](O)[C@H]2OP(=O)(O)O)[C@H](O)[C@H]1O. The third-order valence-corrected chi connectivity index (χ3v) is 7.06. The molecule has 0 unspecified atom stereocenters. The number of ether oxygens (including phenoxy) is 6. The highest BCUT2D eigenvalue weighted by Gasteiger charge is 2.55. The first kappa shape index (κ1) is 33.0. The molecule has 0 spiro atoms. The van der Waals surface area contributed by atoms with Gasteiger partial charge in [-0.05, 0) is 0 Å². The molecule has 230 valence electrons. The highest BCUT2D eigenvalue weighted by Crippen LogP contribution is 2.43. The first-order valence-electron chi connectivity index (χ1n) is 11.7. The van der Waals surface area contributed by atoms with E-state index in [1.165, 1.54) is 0 Å². The number of aliphatic hydroxyl groups is 9. The molecule has 0 aromatic heterocycles.